The fraction of sp³-hybridized carbons (Fsp3) is 0.211. The van der Waals surface area contributed by atoms with Crippen LogP contribution in [0.25, 0.3) is 11.6 Å². The van der Waals surface area contributed by atoms with Crippen molar-refractivity contribution in [1.29, 1.82) is 0 Å². The Morgan fingerprint density at radius 3 is 2.04 bits per heavy atom. The highest BCUT2D eigenvalue weighted by atomic mass is 79.9. The largest absolute Gasteiger partial charge is 0.497 e. The van der Waals surface area contributed by atoms with Gasteiger partial charge in [-0.05, 0) is 41.5 Å². The minimum atomic E-state index is -0.438. The van der Waals surface area contributed by atoms with Crippen molar-refractivity contribution >= 4 is 33.5 Å². The van der Waals surface area contributed by atoms with E-state index < -0.39 is 5.97 Å². The van der Waals surface area contributed by atoms with Gasteiger partial charge >= 0.3 is 5.97 Å². The third-order valence-corrected chi connectivity index (χ3v) is 4.30. The van der Waals surface area contributed by atoms with Gasteiger partial charge in [-0.2, -0.15) is 0 Å². The normalized spacial score (nSPS) is 11.0. The van der Waals surface area contributed by atoms with E-state index in [1.165, 1.54) is 7.11 Å². The molecule has 0 saturated carbocycles. The Morgan fingerprint density at radius 2 is 1.52 bits per heavy atom. The van der Waals surface area contributed by atoms with Gasteiger partial charge in [0.1, 0.15) is 5.75 Å². The summed E-state index contributed by atoms with van der Waals surface area (Å²) >= 11 is 3.49. The van der Waals surface area contributed by atoms with E-state index in [4.69, 9.17) is 18.9 Å². The lowest BCUT2D eigenvalue weighted by atomic mass is 10.0. The molecule has 0 fully saturated rings. The SMILES string of the molecule is COC(=O)/C(=C/c1cc(OC)c(OC)cc1Br)c1ccc(OC)cc1. The first-order valence-corrected chi connectivity index (χ1v) is 8.19. The Bertz CT molecular complexity index is 781. The summed E-state index contributed by atoms with van der Waals surface area (Å²) in [5, 5.41) is 0. The monoisotopic (exact) mass is 406 g/mol. The molecular formula is C19H19BrO5. The molecule has 0 heterocycles. The molecule has 0 aliphatic heterocycles. The summed E-state index contributed by atoms with van der Waals surface area (Å²) < 4.78 is 21.4. The molecule has 2 aromatic carbocycles. The molecule has 0 radical (unpaired) electrons. The van der Waals surface area contributed by atoms with Gasteiger partial charge < -0.3 is 18.9 Å². The molecule has 2 rings (SSSR count). The van der Waals surface area contributed by atoms with Crippen LogP contribution in [-0.2, 0) is 9.53 Å². The number of methoxy groups -OCH3 is 4. The molecule has 0 unspecified atom stereocenters. The zero-order valence-corrected chi connectivity index (χ0v) is 16.0. The molecule has 0 aliphatic carbocycles. The Morgan fingerprint density at radius 1 is 0.920 bits per heavy atom. The minimum Gasteiger partial charge on any atom is -0.497 e. The summed E-state index contributed by atoms with van der Waals surface area (Å²) in [5.74, 6) is 1.43. The maximum atomic E-state index is 12.3. The molecule has 132 valence electrons. The highest BCUT2D eigenvalue weighted by Crippen LogP contribution is 2.35. The fourth-order valence-electron chi connectivity index (χ4n) is 2.28. The van der Waals surface area contributed by atoms with Gasteiger partial charge in [0.15, 0.2) is 11.5 Å². The third kappa shape index (κ3) is 4.33. The zero-order valence-electron chi connectivity index (χ0n) is 14.5. The first-order chi connectivity index (χ1) is 12.0. The Labute approximate surface area is 155 Å². The molecule has 5 nitrogen and oxygen atoms in total. The number of carbonyl (C=O) groups excluding carboxylic acids is 1. The van der Waals surface area contributed by atoms with E-state index in [9.17, 15) is 4.79 Å². The molecule has 0 bridgehead atoms. The van der Waals surface area contributed by atoms with Crippen molar-refractivity contribution in [2.45, 2.75) is 0 Å². The number of benzene rings is 2. The molecule has 0 N–H and O–H groups in total. The number of carbonyl (C=O) groups is 1. The van der Waals surface area contributed by atoms with Crippen molar-refractivity contribution in [2.75, 3.05) is 28.4 Å². The molecule has 0 aliphatic rings. The summed E-state index contributed by atoms with van der Waals surface area (Å²) in [7, 11) is 6.07. The summed E-state index contributed by atoms with van der Waals surface area (Å²) in [6, 6.07) is 10.8. The molecule has 0 amide bonds. The highest BCUT2D eigenvalue weighted by molar-refractivity contribution is 9.10. The van der Waals surface area contributed by atoms with Crippen LogP contribution in [-0.4, -0.2) is 34.4 Å². The lowest BCUT2D eigenvalue weighted by Crippen LogP contribution is -2.04. The summed E-state index contributed by atoms with van der Waals surface area (Å²) in [4.78, 5) is 12.3. The second kappa shape index (κ2) is 8.58. The molecule has 0 spiro atoms. The number of hydrogen-bond donors (Lipinski definition) is 0. The number of ether oxygens (including phenoxy) is 4. The van der Waals surface area contributed by atoms with E-state index in [2.05, 4.69) is 15.9 Å². The van der Waals surface area contributed by atoms with Crippen LogP contribution in [0.4, 0.5) is 0 Å². The molecule has 0 atom stereocenters. The lowest BCUT2D eigenvalue weighted by molar-refractivity contribution is -0.133. The summed E-state index contributed by atoms with van der Waals surface area (Å²) in [5.41, 5.74) is 1.89. The highest BCUT2D eigenvalue weighted by Gasteiger charge is 2.15. The quantitative estimate of drug-likeness (QED) is 0.409. The van der Waals surface area contributed by atoms with Crippen molar-refractivity contribution in [3.05, 3.63) is 52.0 Å². The first kappa shape index (κ1) is 18.9. The molecule has 0 aromatic heterocycles. The maximum Gasteiger partial charge on any atom is 0.338 e. The molecule has 0 saturated heterocycles. The van der Waals surface area contributed by atoms with Gasteiger partial charge in [0, 0.05) is 4.47 Å². The van der Waals surface area contributed by atoms with Gasteiger partial charge in [-0.1, -0.05) is 28.1 Å². The standard InChI is InChI=1S/C19H19BrO5/c1-22-14-7-5-12(6-8-14)15(19(21)25-4)9-13-10-17(23-2)18(24-3)11-16(13)20/h5-11H,1-4H3/b15-9+. The van der Waals surface area contributed by atoms with E-state index in [1.807, 2.05) is 0 Å². The number of rotatable bonds is 6. The second-order valence-electron chi connectivity index (χ2n) is 5.01. The van der Waals surface area contributed by atoms with E-state index in [0.717, 1.165) is 10.0 Å². The van der Waals surface area contributed by atoms with E-state index >= 15 is 0 Å². The Balaban J connectivity index is 2.56. The van der Waals surface area contributed by atoms with Crippen molar-refractivity contribution in [1.82, 2.24) is 0 Å². The van der Waals surface area contributed by atoms with Gasteiger partial charge in [0.2, 0.25) is 0 Å². The first-order valence-electron chi connectivity index (χ1n) is 7.40. The molecule has 25 heavy (non-hydrogen) atoms. The van der Waals surface area contributed by atoms with Crippen LogP contribution in [0.3, 0.4) is 0 Å². The zero-order chi connectivity index (χ0) is 18.4. The average molecular weight is 407 g/mol. The van der Waals surface area contributed by atoms with Gasteiger partial charge in [-0.15, -0.1) is 0 Å². The van der Waals surface area contributed by atoms with E-state index in [-0.39, 0.29) is 0 Å². The maximum absolute atomic E-state index is 12.3. The number of esters is 1. The van der Waals surface area contributed by atoms with Crippen molar-refractivity contribution in [3.8, 4) is 17.2 Å². The lowest BCUT2D eigenvalue weighted by Gasteiger charge is -2.12. The van der Waals surface area contributed by atoms with Crippen molar-refractivity contribution < 1.29 is 23.7 Å². The van der Waals surface area contributed by atoms with Gasteiger partial charge in [-0.3, -0.25) is 0 Å². The summed E-state index contributed by atoms with van der Waals surface area (Å²) in [6.45, 7) is 0. The van der Waals surface area contributed by atoms with Crippen LogP contribution in [0.2, 0.25) is 0 Å². The topological polar surface area (TPSA) is 54.0 Å². The second-order valence-corrected chi connectivity index (χ2v) is 5.86. The number of hydrogen-bond acceptors (Lipinski definition) is 5. The number of halogens is 1. The summed E-state index contributed by atoms with van der Waals surface area (Å²) in [6.07, 6.45) is 1.74. The van der Waals surface area contributed by atoms with Crippen LogP contribution in [0.1, 0.15) is 11.1 Å². The van der Waals surface area contributed by atoms with Crippen LogP contribution in [0.5, 0.6) is 17.2 Å². The Kier molecular flexibility index (Phi) is 6.47. The van der Waals surface area contributed by atoms with Crippen molar-refractivity contribution in [3.63, 3.8) is 0 Å². The van der Waals surface area contributed by atoms with Gasteiger partial charge in [0.25, 0.3) is 0 Å². The average Bonchev–Trinajstić information content (AvgIpc) is 2.66. The predicted octanol–water partition coefficient (Wildman–Crippen LogP) is 4.19. The fourth-order valence-corrected chi connectivity index (χ4v) is 2.71. The van der Waals surface area contributed by atoms with E-state index in [0.29, 0.717) is 28.4 Å². The van der Waals surface area contributed by atoms with E-state index in [1.54, 1.807) is 63.8 Å². The third-order valence-electron chi connectivity index (χ3n) is 3.61. The van der Waals surface area contributed by atoms with Crippen LogP contribution < -0.4 is 14.2 Å². The Hall–Kier alpha value is -2.47. The smallest absolute Gasteiger partial charge is 0.338 e. The van der Waals surface area contributed by atoms with Gasteiger partial charge in [-0.25, -0.2) is 4.79 Å². The van der Waals surface area contributed by atoms with Crippen molar-refractivity contribution in [2.24, 2.45) is 0 Å². The minimum absolute atomic E-state index is 0.415. The molecular weight excluding hydrogens is 388 g/mol. The van der Waals surface area contributed by atoms with Gasteiger partial charge in [0.05, 0.1) is 34.0 Å². The van der Waals surface area contributed by atoms with Crippen LogP contribution >= 0.6 is 15.9 Å². The van der Waals surface area contributed by atoms with Crippen LogP contribution in [0, 0.1) is 0 Å². The van der Waals surface area contributed by atoms with Crippen LogP contribution in [0.15, 0.2) is 40.9 Å². The molecule has 6 heteroatoms. The predicted molar refractivity (Wildman–Crippen MR) is 100 cm³/mol. The molecule has 2 aromatic rings.